The van der Waals surface area contributed by atoms with Gasteiger partial charge in [-0.25, -0.2) is 0 Å². The Labute approximate surface area is 132 Å². The summed E-state index contributed by atoms with van der Waals surface area (Å²) in [5.41, 5.74) is 0.314. The lowest BCUT2D eigenvalue weighted by molar-refractivity contribution is -0.147. The number of carboxylic acid groups (broad SMARTS) is 1. The van der Waals surface area contributed by atoms with E-state index in [1.807, 2.05) is 13.0 Å². The molecule has 1 aromatic carbocycles. The Hall–Kier alpha value is -1.27. The van der Waals surface area contributed by atoms with Crippen molar-refractivity contribution in [1.82, 2.24) is 4.90 Å². The van der Waals surface area contributed by atoms with Crippen LogP contribution in [-0.2, 0) is 11.3 Å². The van der Waals surface area contributed by atoms with Crippen LogP contribution in [0.2, 0.25) is 0 Å². The van der Waals surface area contributed by atoms with Crippen LogP contribution in [0, 0.1) is 5.41 Å². The highest BCUT2D eigenvalue weighted by Gasteiger charge is 2.40. The Kier molecular flexibility index (Phi) is 4.78. The van der Waals surface area contributed by atoms with Gasteiger partial charge in [-0.05, 0) is 60.4 Å². The van der Waals surface area contributed by atoms with E-state index in [0.717, 1.165) is 12.1 Å². The van der Waals surface area contributed by atoms with Gasteiger partial charge in [-0.15, -0.1) is 0 Å². The summed E-state index contributed by atoms with van der Waals surface area (Å²) in [4.78, 5) is 13.4. The van der Waals surface area contributed by atoms with Gasteiger partial charge in [0.15, 0.2) is 11.5 Å². The summed E-state index contributed by atoms with van der Waals surface area (Å²) >= 11 is 3.32. The number of halogens is 1. The fourth-order valence-corrected chi connectivity index (χ4v) is 3.10. The van der Waals surface area contributed by atoms with Gasteiger partial charge in [0, 0.05) is 13.1 Å². The molecule has 0 radical (unpaired) electrons. The molecular formula is C15H20BrNO4. The van der Waals surface area contributed by atoms with Gasteiger partial charge in [0.05, 0.1) is 16.5 Å². The van der Waals surface area contributed by atoms with Crippen LogP contribution in [0.1, 0.15) is 25.8 Å². The summed E-state index contributed by atoms with van der Waals surface area (Å²) in [5, 5.41) is 19.2. The summed E-state index contributed by atoms with van der Waals surface area (Å²) in [6, 6.07) is 3.65. The third kappa shape index (κ3) is 3.49. The van der Waals surface area contributed by atoms with Gasteiger partial charge in [-0.3, -0.25) is 9.69 Å². The summed E-state index contributed by atoms with van der Waals surface area (Å²) in [6.07, 6.45) is 0.653. The van der Waals surface area contributed by atoms with Crippen LogP contribution < -0.4 is 4.74 Å². The lowest BCUT2D eigenvalue weighted by Crippen LogP contribution is -2.31. The minimum absolute atomic E-state index is 0.0948. The average Bonchev–Trinajstić information content (AvgIpc) is 2.79. The second-order valence-corrected chi connectivity index (χ2v) is 6.54. The molecule has 2 rings (SSSR count). The number of aromatic hydroxyl groups is 1. The van der Waals surface area contributed by atoms with E-state index in [1.54, 1.807) is 13.0 Å². The van der Waals surface area contributed by atoms with Crippen molar-refractivity contribution in [2.24, 2.45) is 5.41 Å². The molecule has 0 amide bonds. The molecule has 0 saturated carbocycles. The average molecular weight is 358 g/mol. The molecule has 0 bridgehead atoms. The van der Waals surface area contributed by atoms with Crippen LogP contribution in [0.15, 0.2) is 16.6 Å². The number of ether oxygens (including phenoxy) is 1. The molecule has 0 aromatic heterocycles. The quantitative estimate of drug-likeness (QED) is 0.847. The van der Waals surface area contributed by atoms with E-state index in [1.165, 1.54) is 0 Å². The maximum atomic E-state index is 11.3. The minimum Gasteiger partial charge on any atom is -0.503 e. The van der Waals surface area contributed by atoms with Crippen molar-refractivity contribution in [2.75, 3.05) is 19.7 Å². The zero-order valence-electron chi connectivity index (χ0n) is 12.2. The topological polar surface area (TPSA) is 70.0 Å². The third-order valence-electron chi connectivity index (χ3n) is 3.86. The van der Waals surface area contributed by atoms with E-state index in [2.05, 4.69) is 20.8 Å². The predicted octanol–water partition coefficient (Wildman–Crippen LogP) is 2.85. The van der Waals surface area contributed by atoms with Gasteiger partial charge in [-0.2, -0.15) is 0 Å². The number of carbonyl (C=O) groups is 1. The number of carboxylic acids is 1. The van der Waals surface area contributed by atoms with E-state index in [9.17, 15) is 15.0 Å². The van der Waals surface area contributed by atoms with Gasteiger partial charge in [0.2, 0.25) is 0 Å². The largest absolute Gasteiger partial charge is 0.503 e. The van der Waals surface area contributed by atoms with Gasteiger partial charge in [0.25, 0.3) is 0 Å². The number of nitrogens with zero attached hydrogens (tertiary/aromatic N) is 1. The smallest absolute Gasteiger partial charge is 0.310 e. The predicted molar refractivity (Wildman–Crippen MR) is 82.6 cm³/mol. The van der Waals surface area contributed by atoms with Crippen LogP contribution in [0.4, 0.5) is 0 Å². The lowest BCUT2D eigenvalue weighted by atomic mass is 9.90. The number of rotatable bonds is 5. The van der Waals surface area contributed by atoms with Crippen LogP contribution >= 0.6 is 15.9 Å². The number of likely N-dealkylation sites (tertiary alicyclic amines) is 1. The van der Waals surface area contributed by atoms with E-state index in [4.69, 9.17) is 4.74 Å². The van der Waals surface area contributed by atoms with Crippen molar-refractivity contribution in [3.8, 4) is 11.5 Å². The maximum absolute atomic E-state index is 11.3. The Balaban J connectivity index is 2.12. The fourth-order valence-electron chi connectivity index (χ4n) is 2.61. The van der Waals surface area contributed by atoms with Crippen molar-refractivity contribution in [3.05, 3.63) is 22.2 Å². The van der Waals surface area contributed by atoms with Crippen LogP contribution in [0.25, 0.3) is 0 Å². The Morgan fingerprint density at radius 3 is 2.81 bits per heavy atom. The molecule has 2 N–H and O–H groups in total. The molecule has 1 aliphatic rings. The first-order valence-corrected chi connectivity index (χ1v) is 7.75. The summed E-state index contributed by atoms with van der Waals surface area (Å²) in [6.45, 7) is 6.05. The molecule has 1 atom stereocenters. The van der Waals surface area contributed by atoms with Crippen LogP contribution in [0.3, 0.4) is 0 Å². The molecular weight excluding hydrogens is 338 g/mol. The van der Waals surface area contributed by atoms with Crippen molar-refractivity contribution in [3.63, 3.8) is 0 Å². The molecule has 0 spiro atoms. The molecule has 1 aromatic rings. The number of phenols is 1. The number of hydrogen-bond acceptors (Lipinski definition) is 4. The first-order chi connectivity index (χ1) is 9.85. The summed E-state index contributed by atoms with van der Waals surface area (Å²) in [7, 11) is 0. The van der Waals surface area contributed by atoms with E-state index < -0.39 is 11.4 Å². The molecule has 1 aliphatic heterocycles. The molecule has 1 unspecified atom stereocenters. The molecule has 1 saturated heterocycles. The van der Waals surface area contributed by atoms with E-state index in [0.29, 0.717) is 36.3 Å². The van der Waals surface area contributed by atoms with E-state index >= 15 is 0 Å². The highest BCUT2D eigenvalue weighted by atomic mass is 79.9. The molecule has 6 heteroatoms. The minimum atomic E-state index is -0.744. The van der Waals surface area contributed by atoms with Crippen molar-refractivity contribution < 1.29 is 19.7 Å². The molecule has 1 heterocycles. The summed E-state index contributed by atoms with van der Waals surface area (Å²) in [5.74, 6) is -0.202. The van der Waals surface area contributed by atoms with E-state index in [-0.39, 0.29) is 5.75 Å². The number of hydrogen-bond donors (Lipinski definition) is 2. The molecule has 1 fully saturated rings. The maximum Gasteiger partial charge on any atom is 0.310 e. The highest BCUT2D eigenvalue weighted by molar-refractivity contribution is 9.10. The number of phenolic OH excluding ortho intramolecular Hbond substituents is 1. The second kappa shape index (κ2) is 6.23. The number of benzene rings is 1. The molecule has 5 nitrogen and oxygen atoms in total. The lowest BCUT2D eigenvalue weighted by Gasteiger charge is -2.20. The van der Waals surface area contributed by atoms with Crippen LogP contribution in [0.5, 0.6) is 11.5 Å². The Morgan fingerprint density at radius 2 is 2.24 bits per heavy atom. The molecule has 116 valence electrons. The zero-order chi connectivity index (χ0) is 15.6. The second-order valence-electron chi connectivity index (χ2n) is 5.68. The SMILES string of the molecule is CCOc1cc(CN2CCC(C)(C(=O)O)C2)cc(Br)c1O. The molecule has 21 heavy (non-hydrogen) atoms. The monoisotopic (exact) mass is 357 g/mol. The third-order valence-corrected chi connectivity index (χ3v) is 4.47. The molecule has 0 aliphatic carbocycles. The van der Waals surface area contributed by atoms with Crippen molar-refractivity contribution >= 4 is 21.9 Å². The van der Waals surface area contributed by atoms with Crippen molar-refractivity contribution in [1.29, 1.82) is 0 Å². The van der Waals surface area contributed by atoms with Gasteiger partial charge < -0.3 is 14.9 Å². The standard InChI is InChI=1S/C15H20BrNO4/c1-3-21-12-7-10(6-11(16)13(12)18)8-17-5-4-15(2,9-17)14(19)20/h6-7,18H,3-5,8-9H2,1-2H3,(H,19,20). The van der Waals surface area contributed by atoms with Crippen LogP contribution in [-0.4, -0.2) is 40.8 Å². The Morgan fingerprint density at radius 1 is 1.52 bits per heavy atom. The van der Waals surface area contributed by atoms with Gasteiger partial charge >= 0.3 is 5.97 Å². The Bertz CT molecular complexity index is 549. The fraction of sp³-hybridized carbons (Fsp3) is 0.533. The van der Waals surface area contributed by atoms with Gasteiger partial charge in [-0.1, -0.05) is 0 Å². The first-order valence-electron chi connectivity index (χ1n) is 6.95. The normalized spacial score (nSPS) is 22.4. The number of aliphatic carboxylic acids is 1. The first kappa shape index (κ1) is 16.1. The van der Waals surface area contributed by atoms with Crippen molar-refractivity contribution in [2.45, 2.75) is 26.8 Å². The van der Waals surface area contributed by atoms with Gasteiger partial charge in [0.1, 0.15) is 0 Å². The summed E-state index contributed by atoms with van der Waals surface area (Å²) < 4.78 is 6.00. The highest BCUT2D eigenvalue weighted by Crippen LogP contribution is 2.37. The zero-order valence-corrected chi connectivity index (χ0v) is 13.8.